The molecule has 576 valence electrons. The number of benzene rings is 14. The molecule has 5 nitrogen and oxygen atoms in total. The quantitative estimate of drug-likeness (QED) is 0.104. The average Bonchev–Trinajstić information content (AvgIpc) is 1.44. The summed E-state index contributed by atoms with van der Waals surface area (Å²) in [7, 11) is 0. The van der Waals surface area contributed by atoms with Crippen LogP contribution >= 0.6 is 34.3 Å². The molecule has 0 unspecified atom stereocenters. The van der Waals surface area contributed by atoms with Crippen molar-refractivity contribution in [2.45, 2.75) is 114 Å². The Balaban J connectivity index is 0.000000129. The van der Waals surface area contributed by atoms with Crippen LogP contribution in [0.25, 0.3) is 62.6 Å². The molecule has 8 aliphatic rings. The van der Waals surface area contributed by atoms with Crippen LogP contribution in [0.1, 0.15) is 109 Å². The van der Waals surface area contributed by atoms with E-state index in [1.165, 1.54) is 157 Å². The number of nitrogens with zero attached hydrogens (tertiary/aromatic N) is 3. The van der Waals surface area contributed by atoms with Gasteiger partial charge in [-0.3, -0.25) is 0 Å². The summed E-state index contributed by atoms with van der Waals surface area (Å²) in [6.45, 7) is 4.90. The Kier molecular flexibility index (Phi) is 22.6. The van der Waals surface area contributed by atoms with Crippen molar-refractivity contribution in [3.8, 4) is 22.3 Å². The number of hydrogen-bond donors (Lipinski definition) is 1. The van der Waals surface area contributed by atoms with E-state index < -0.39 is 5.60 Å². The Hall–Kier alpha value is -10.0. The van der Waals surface area contributed by atoms with Gasteiger partial charge in [0.25, 0.3) is 0 Å². The molecule has 0 spiro atoms. The van der Waals surface area contributed by atoms with E-state index in [0.29, 0.717) is 10.8 Å². The van der Waals surface area contributed by atoms with Crippen LogP contribution in [0.3, 0.4) is 0 Å². The average molecular weight is 1590 g/mol. The molecule has 0 aliphatic heterocycles. The first-order valence-corrected chi connectivity index (χ1v) is 43.9. The SMILES string of the molecule is CC(C)(C)[O-].Clc1ccc(-c2ccc(N(c3ccccc3)c3ccc4sc5ccccc5c4c3)cc2)cc1.[Na+].c1ccc(N(c2ccc(-c3ccc(N(c4ccccc4)c4ccc5sc6ccccc6c5c4)cc3)cc2)c2ccc(C34CC5CC(CC(C5)C3)C4)cc2)cc1.c1ccc(Nc2ccc(C34CC5CC(CC(C5)C3)C4)cc2)cc1. The van der Waals surface area contributed by atoms with E-state index in [4.69, 9.17) is 11.6 Å². The summed E-state index contributed by atoms with van der Waals surface area (Å²) in [5, 5.41) is 19.6. The second-order valence-corrected chi connectivity index (χ2v) is 37.4. The molecule has 0 atom stereocenters. The van der Waals surface area contributed by atoms with E-state index >= 15 is 0 Å². The van der Waals surface area contributed by atoms with Gasteiger partial charge in [-0.05, 0) is 327 Å². The van der Waals surface area contributed by atoms with E-state index in [2.05, 4.69) is 360 Å². The van der Waals surface area contributed by atoms with Gasteiger partial charge >= 0.3 is 29.6 Å². The van der Waals surface area contributed by atoms with Gasteiger partial charge in [0, 0.05) is 108 Å². The molecule has 8 saturated carbocycles. The Bertz CT molecular complexity index is 5980. The standard InChI is InChI=1S/C52H44N2S.C30H20ClNS.C22H25N.C4H9O.Na/c1-3-9-42(10-4-1)53(46-25-19-41(20-26-46)52-33-36-29-37(34-52)31-38(30-36)35-52)44-21-15-39(16-22-44)40-17-23-45(24-18-40)54(43-11-5-2-6-12-43)47-27-28-51-49(32-47)48-13-7-8-14-50(48)55-51;31-23-14-10-21(11-15-23)22-12-16-25(17-13-22)32(24-6-2-1-3-7-24)26-18-19-30-28(20-26)27-8-4-5-9-29(27)33-30;1-2-4-20(5-3-1)23-21-8-6-19(7-9-21)22-13-16-10-17(14-22)12-18(11-16)15-22;1-4(2,3)5;/h1-28,32,36-38H,29-31,33-35H2;1-20H;1-9,16-18,23H,10-15H2;1-3H3;/q;;;-1;+1. The summed E-state index contributed by atoms with van der Waals surface area (Å²) < 4.78 is 5.28. The van der Waals surface area contributed by atoms with Crippen molar-refractivity contribution < 1.29 is 34.7 Å². The Labute approximate surface area is 725 Å². The Morgan fingerprint density at radius 3 is 0.880 bits per heavy atom. The number of nitrogens with one attached hydrogen (secondary N) is 1. The molecule has 8 bridgehead atoms. The molecule has 0 saturated heterocycles. The van der Waals surface area contributed by atoms with Crippen molar-refractivity contribution in [3.05, 3.63) is 368 Å². The molecule has 117 heavy (non-hydrogen) atoms. The molecule has 2 aromatic heterocycles. The second-order valence-electron chi connectivity index (χ2n) is 34.8. The van der Waals surface area contributed by atoms with Crippen LogP contribution in [0.4, 0.5) is 62.6 Å². The normalized spacial score (nSPS) is 20.5. The first-order chi connectivity index (χ1) is 56.7. The van der Waals surface area contributed by atoms with E-state index in [9.17, 15) is 5.11 Å². The summed E-state index contributed by atoms with van der Waals surface area (Å²) in [5.74, 6) is 5.90. The van der Waals surface area contributed by atoms with Crippen LogP contribution in [-0.2, 0) is 10.8 Å². The van der Waals surface area contributed by atoms with Gasteiger partial charge in [0.15, 0.2) is 0 Å². The number of anilines is 11. The van der Waals surface area contributed by atoms with Gasteiger partial charge in [-0.25, -0.2) is 0 Å². The first-order valence-electron chi connectivity index (χ1n) is 41.9. The predicted octanol–water partition coefficient (Wildman–Crippen LogP) is 28.0. The fourth-order valence-corrected chi connectivity index (χ4v) is 23.6. The van der Waals surface area contributed by atoms with E-state index in [1.54, 1.807) is 31.9 Å². The maximum atomic E-state index is 10.1. The minimum Gasteiger partial charge on any atom is -0.850 e. The molecule has 8 aliphatic carbocycles. The van der Waals surface area contributed by atoms with Gasteiger partial charge in [0.1, 0.15) is 0 Å². The summed E-state index contributed by atoms with van der Waals surface area (Å²) >= 11 is 9.77. The smallest absolute Gasteiger partial charge is 0.850 e. The third kappa shape index (κ3) is 16.9. The molecule has 0 radical (unpaired) electrons. The molecule has 24 rings (SSSR count). The topological polar surface area (TPSA) is 44.8 Å². The third-order valence-electron chi connectivity index (χ3n) is 25.5. The number of thiophene rings is 2. The zero-order valence-electron chi connectivity index (χ0n) is 67.4. The minimum atomic E-state index is -0.750. The van der Waals surface area contributed by atoms with Crippen molar-refractivity contribution >= 4 is 137 Å². The molecule has 1 N–H and O–H groups in total. The van der Waals surface area contributed by atoms with E-state index in [-0.39, 0.29) is 29.6 Å². The number of rotatable bonds is 15. The summed E-state index contributed by atoms with van der Waals surface area (Å²) in [5.41, 5.74) is 20.9. The van der Waals surface area contributed by atoms with Crippen molar-refractivity contribution in [2.24, 2.45) is 35.5 Å². The summed E-state index contributed by atoms with van der Waals surface area (Å²) in [6.07, 6.45) is 17.6. The first kappa shape index (κ1) is 78.2. The fraction of sp³-hybridized carbons (Fsp3) is 0.222. The minimum absolute atomic E-state index is 0. The van der Waals surface area contributed by atoms with Gasteiger partial charge < -0.3 is 25.1 Å². The van der Waals surface area contributed by atoms with Crippen LogP contribution < -0.4 is 54.7 Å². The second kappa shape index (κ2) is 33.8. The van der Waals surface area contributed by atoms with Crippen LogP contribution in [0, 0.1) is 35.5 Å². The van der Waals surface area contributed by atoms with Gasteiger partial charge in [-0.15, -0.1) is 28.3 Å². The molecule has 14 aromatic carbocycles. The van der Waals surface area contributed by atoms with Gasteiger partial charge in [0.05, 0.1) is 0 Å². The molecule has 8 fully saturated rings. The van der Waals surface area contributed by atoms with Crippen LogP contribution in [0.2, 0.25) is 5.02 Å². The molecular formula is C108H98ClN4NaOS2. The summed E-state index contributed by atoms with van der Waals surface area (Å²) in [6, 6.07) is 127. The fourth-order valence-electron chi connectivity index (χ4n) is 21.3. The van der Waals surface area contributed by atoms with Crippen LogP contribution in [-0.4, -0.2) is 5.60 Å². The Morgan fingerprint density at radius 2 is 0.538 bits per heavy atom. The van der Waals surface area contributed by atoms with Gasteiger partial charge in [0.2, 0.25) is 0 Å². The molecule has 9 heteroatoms. The van der Waals surface area contributed by atoms with Crippen molar-refractivity contribution in [1.29, 1.82) is 0 Å². The third-order valence-corrected chi connectivity index (χ3v) is 28.1. The molecule has 2 heterocycles. The molecular weight excluding hydrogens is 1490 g/mol. The maximum absolute atomic E-state index is 10.1. The summed E-state index contributed by atoms with van der Waals surface area (Å²) in [4.78, 5) is 7.09. The number of halogens is 1. The number of para-hydroxylation sites is 4. The van der Waals surface area contributed by atoms with Crippen molar-refractivity contribution in [1.82, 2.24) is 0 Å². The van der Waals surface area contributed by atoms with Crippen molar-refractivity contribution in [3.63, 3.8) is 0 Å². The van der Waals surface area contributed by atoms with E-state index in [0.717, 1.165) is 85.9 Å². The molecule has 16 aromatic rings. The maximum Gasteiger partial charge on any atom is 1.00 e. The molecule has 0 amide bonds. The monoisotopic (exact) mass is 1590 g/mol. The largest absolute Gasteiger partial charge is 1.00 e. The number of hydrogen-bond acceptors (Lipinski definition) is 7. The van der Waals surface area contributed by atoms with Crippen LogP contribution in [0.15, 0.2) is 352 Å². The number of fused-ring (bicyclic) bond motifs is 6. The zero-order chi connectivity index (χ0) is 78.3. The van der Waals surface area contributed by atoms with Gasteiger partial charge in [-0.1, -0.05) is 214 Å². The predicted molar refractivity (Wildman–Crippen MR) is 494 cm³/mol. The van der Waals surface area contributed by atoms with Crippen molar-refractivity contribution in [2.75, 3.05) is 20.0 Å². The zero-order valence-corrected chi connectivity index (χ0v) is 71.8. The Morgan fingerprint density at radius 1 is 0.291 bits per heavy atom. The van der Waals surface area contributed by atoms with E-state index in [1.807, 2.05) is 34.8 Å². The van der Waals surface area contributed by atoms with Gasteiger partial charge in [-0.2, -0.15) is 0 Å². The van der Waals surface area contributed by atoms with Crippen LogP contribution in [0.5, 0.6) is 0 Å².